The molecule has 10 radical (unpaired) electrons. The van der Waals surface area contributed by atoms with Crippen LogP contribution in [-0.2, 0) is 30.4 Å². The molecule has 2 fully saturated rings. The number of hydrogen-bond donors (Lipinski definition) is 0. The summed E-state index contributed by atoms with van der Waals surface area (Å²) in [5.74, 6) is 5.32. The van der Waals surface area contributed by atoms with Gasteiger partial charge in [-0.3, -0.25) is 0 Å². The molecule has 0 bridgehead atoms. The Labute approximate surface area is 154 Å². The molecule has 0 aromatic heterocycles. The molecule has 4 aliphatic rings. The molecule has 0 aromatic rings. The average Bonchev–Trinajstić information content (AvgIpc) is 3.28. The fourth-order valence-electron chi connectivity index (χ4n) is 2.14. The number of fused-ring (bicyclic) bond motifs is 2. The SMILES string of the molecule is [C-]#[O+].[C-]#[O+].[CH]1[CH][C]2C=CC=C[C]2[CH]1.[CH]1[CH][C]2C=CC=C[C]2[CH]1.[Mo+2]. The van der Waals surface area contributed by atoms with Gasteiger partial charge in [0.1, 0.15) is 0 Å². The standard InChI is InChI=1S/2C9H7.2CO.Mo/c2*1-2-5-9-7-3-6-8(9)4-1;2*1-2;/h2*1-7H;;;/q;;;;+2. The molecule has 2 nitrogen and oxygen atoms in total. The van der Waals surface area contributed by atoms with Crippen molar-refractivity contribution in [1.82, 2.24) is 0 Å². The molecule has 0 atom stereocenters. The third-order valence-corrected chi connectivity index (χ3v) is 3.10. The zero-order chi connectivity index (χ0) is 16.2. The second kappa shape index (κ2) is 13.6. The first-order valence-electron chi connectivity index (χ1n) is 6.55. The summed E-state index contributed by atoms with van der Waals surface area (Å²) in [5.41, 5.74) is 0. The van der Waals surface area contributed by atoms with Gasteiger partial charge in [0.05, 0.1) is 0 Å². The van der Waals surface area contributed by atoms with Gasteiger partial charge in [-0.15, -0.1) is 0 Å². The van der Waals surface area contributed by atoms with E-state index in [-0.39, 0.29) is 21.1 Å². The van der Waals surface area contributed by atoms with Gasteiger partial charge in [0.2, 0.25) is 0 Å². The first-order chi connectivity index (χ1) is 10.9. The fourth-order valence-corrected chi connectivity index (χ4v) is 2.14. The zero-order valence-corrected chi connectivity index (χ0v) is 14.3. The van der Waals surface area contributed by atoms with Crippen LogP contribution in [0.15, 0.2) is 48.6 Å². The maximum Gasteiger partial charge on any atom is 2.00 e. The van der Waals surface area contributed by atoms with E-state index < -0.39 is 0 Å². The first kappa shape index (κ1) is 22.1. The smallest absolute Gasteiger partial charge is 0.0762 e. The van der Waals surface area contributed by atoms with Crippen molar-refractivity contribution in [2.45, 2.75) is 0 Å². The number of hydrogen-bond acceptors (Lipinski definition) is 0. The minimum absolute atomic E-state index is 0. The molecule has 3 heteroatoms. The molecule has 0 unspecified atom stereocenters. The molecule has 4 aliphatic carbocycles. The molecule has 0 amide bonds. The third kappa shape index (κ3) is 7.04. The molecular weight excluding hydrogens is 368 g/mol. The fraction of sp³-hybridized carbons (Fsp3) is 0. The Balaban J connectivity index is 0.000000335. The van der Waals surface area contributed by atoms with Crippen molar-refractivity contribution in [2.75, 3.05) is 0 Å². The second-order valence-electron chi connectivity index (χ2n) is 4.31. The normalized spacial score (nSPS) is 21.4. The van der Waals surface area contributed by atoms with Crippen molar-refractivity contribution in [2.24, 2.45) is 0 Å². The van der Waals surface area contributed by atoms with Crippen LogP contribution in [0.4, 0.5) is 0 Å². The van der Waals surface area contributed by atoms with Gasteiger partial charge in [-0.25, -0.2) is 0 Å². The van der Waals surface area contributed by atoms with E-state index in [1.165, 1.54) is 23.7 Å². The summed E-state index contributed by atoms with van der Waals surface area (Å²) in [6, 6.07) is 0. The van der Waals surface area contributed by atoms with E-state index >= 15 is 0 Å². The Morgan fingerprint density at radius 3 is 0.913 bits per heavy atom. The largest absolute Gasteiger partial charge is 2.00 e. The molecule has 110 valence electrons. The second-order valence-corrected chi connectivity index (χ2v) is 4.31. The van der Waals surface area contributed by atoms with Crippen molar-refractivity contribution < 1.29 is 30.4 Å². The zero-order valence-electron chi connectivity index (χ0n) is 12.3. The van der Waals surface area contributed by atoms with E-state index in [0.717, 1.165) is 0 Å². The summed E-state index contributed by atoms with van der Waals surface area (Å²) >= 11 is 0. The molecule has 4 rings (SSSR count). The van der Waals surface area contributed by atoms with Crippen molar-refractivity contribution in [3.05, 3.63) is 124 Å². The molecule has 0 aromatic carbocycles. The molecule has 2 saturated carbocycles. The van der Waals surface area contributed by atoms with Crippen LogP contribution in [0.25, 0.3) is 0 Å². The van der Waals surface area contributed by atoms with Crippen LogP contribution in [0.1, 0.15) is 0 Å². The molecular formula is C20H14MoO2+2. The van der Waals surface area contributed by atoms with Crippen molar-refractivity contribution in [3.8, 4) is 0 Å². The van der Waals surface area contributed by atoms with Gasteiger partial charge in [-0.2, -0.15) is 0 Å². The maximum atomic E-state index is 7.50. The van der Waals surface area contributed by atoms with Gasteiger partial charge < -0.3 is 0 Å². The summed E-state index contributed by atoms with van der Waals surface area (Å²) in [5, 5.41) is 0. The Bertz CT molecular complexity index is 391. The van der Waals surface area contributed by atoms with Crippen LogP contribution in [0.3, 0.4) is 0 Å². The monoisotopic (exact) mass is 384 g/mol. The summed E-state index contributed by atoms with van der Waals surface area (Å²) in [6.07, 6.45) is 29.3. The first-order valence-corrected chi connectivity index (χ1v) is 6.55. The summed E-state index contributed by atoms with van der Waals surface area (Å²) in [7, 11) is 0. The van der Waals surface area contributed by atoms with E-state index in [1.54, 1.807) is 0 Å². The topological polar surface area (TPSA) is 39.8 Å². The van der Waals surface area contributed by atoms with Crippen molar-refractivity contribution >= 4 is 0 Å². The van der Waals surface area contributed by atoms with Gasteiger partial charge >= 0.3 is 43.7 Å². The minimum Gasteiger partial charge on any atom is -0.0762 e. The molecule has 23 heavy (non-hydrogen) atoms. The minimum atomic E-state index is 0. The van der Waals surface area contributed by atoms with Gasteiger partial charge in [-0.05, 0) is 38.5 Å². The van der Waals surface area contributed by atoms with Crippen molar-refractivity contribution in [1.29, 1.82) is 0 Å². The quantitative estimate of drug-likeness (QED) is 0.348. The predicted molar refractivity (Wildman–Crippen MR) is 83.2 cm³/mol. The van der Waals surface area contributed by atoms with Crippen LogP contribution in [0, 0.1) is 75.5 Å². The molecule has 0 saturated heterocycles. The van der Waals surface area contributed by atoms with Gasteiger partial charge in [0.15, 0.2) is 0 Å². The van der Waals surface area contributed by atoms with Crippen LogP contribution in [0.5, 0.6) is 0 Å². The van der Waals surface area contributed by atoms with E-state index in [2.05, 4.69) is 100 Å². The van der Waals surface area contributed by atoms with Gasteiger partial charge in [0, 0.05) is 23.7 Å². The van der Waals surface area contributed by atoms with Crippen LogP contribution >= 0.6 is 0 Å². The van der Waals surface area contributed by atoms with E-state index in [4.69, 9.17) is 9.30 Å². The summed E-state index contributed by atoms with van der Waals surface area (Å²) in [4.78, 5) is 0. The van der Waals surface area contributed by atoms with E-state index in [1.807, 2.05) is 0 Å². The summed E-state index contributed by atoms with van der Waals surface area (Å²) in [6.45, 7) is 9.00. The molecule has 0 heterocycles. The van der Waals surface area contributed by atoms with Crippen LogP contribution in [-0.4, -0.2) is 0 Å². The van der Waals surface area contributed by atoms with Gasteiger partial charge in [0.25, 0.3) is 0 Å². The predicted octanol–water partition coefficient (Wildman–Crippen LogP) is 3.70. The van der Waals surface area contributed by atoms with E-state index in [9.17, 15) is 0 Å². The van der Waals surface area contributed by atoms with Gasteiger partial charge in [-0.1, -0.05) is 48.6 Å². The van der Waals surface area contributed by atoms with Crippen molar-refractivity contribution in [3.63, 3.8) is 0 Å². The molecule has 0 aliphatic heterocycles. The van der Waals surface area contributed by atoms with Crippen LogP contribution < -0.4 is 0 Å². The Morgan fingerprint density at radius 1 is 0.478 bits per heavy atom. The average molecular weight is 382 g/mol. The number of rotatable bonds is 0. The molecule has 0 N–H and O–H groups in total. The van der Waals surface area contributed by atoms with Crippen LogP contribution in [0.2, 0.25) is 0 Å². The third-order valence-electron chi connectivity index (χ3n) is 3.10. The maximum absolute atomic E-state index is 7.50. The Hall–Kier alpha value is -0.872. The summed E-state index contributed by atoms with van der Waals surface area (Å²) < 4.78 is 15.0. The number of allylic oxidation sites excluding steroid dienone is 8. The Morgan fingerprint density at radius 2 is 0.696 bits per heavy atom. The van der Waals surface area contributed by atoms with E-state index in [0.29, 0.717) is 0 Å². The molecule has 0 spiro atoms. The Kier molecular flexibility index (Phi) is 13.0.